The molecule has 0 unspecified atom stereocenters. The van der Waals surface area contributed by atoms with E-state index >= 15 is 0 Å². The van der Waals surface area contributed by atoms with Gasteiger partial charge in [0, 0.05) is 29.6 Å². The maximum atomic E-state index is 11.7. The zero-order valence-corrected chi connectivity index (χ0v) is 14.5. The fraction of sp³-hybridized carbons (Fsp3) is 0.533. The van der Waals surface area contributed by atoms with Gasteiger partial charge < -0.3 is 15.8 Å². The summed E-state index contributed by atoms with van der Waals surface area (Å²) in [4.78, 5) is 11.7. The molecule has 1 aliphatic rings. The average molecular weight is 378 g/mol. The molecule has 0 aromatic heterocycles. The first-order valence-electron chi connectivity index (χ1n) is 6.91. The molecule has 1 aliphatic heterocycles. The van der Waals surface area contributed by atoms with E-state index in [-0.39, 0.29) is 23.7 Å². The van der Waals surface area contributed by atoms with Crippen molar-refractivity contribution in [3.05, 3.63) is 34.3 Å². The number of nitrogens with one attached hydrogen (secondary N) is 1. The summed E-state index contributed by atoms with van der Waals surface area (Å²) in [5.41, 5.74) is 6.79. The first-order valence-corrected chi connectivity index (χ1v) is 7.70. The topological polar surface area (TPSA) is 64.4 Å². The number of carbonyl (C=O) groups excluding carboxylic acids is 1. The highest BCUT2D eigenvalue weighted by Gasteiger charge is 2.35. The van der Waals surface area contributed by atoms with Crippen molar-refractivity contribution in [1.29, 1.82) is 0 Å². The lowest BCUT2D eigenvalue weighted by molar-refractivity contribution is -0.122. The number of ether oxygens (including phenoxy) is 1. The van der Waals surface area contributed by atoms with Crippen molar-refractivity contribution in [1.82, 2.24) is 5.32 Å². The smallest absolute Gasteiger partial charge is 0.236 e. The van der Waals surface area contributed by atoms with E-state index in [1.54, 1.807) is 6.92 Å². The molecule has 0 radical (unpaired) electrons. The van der Waals surface area contributed by atoms with Crippen molar-refractivity contribution in [2.75, 3.05) is 19.8 Å². The van der Waals surface area contributed by atoms with Crippen molar-refractivity contribution < 1.29 is 9.53 Å². The Labute approximate surface area is 140 Å². The van der Waals surface area contributed by atoms with Crippen LogP contribution in [-0.2, 0) is 14.9 Å². The van der Waals surface area contributed by atoms with Crippen LogP contribution < -0.4 is 11.1 Å². The minimum Gasteiger partial charge on any atom is -0.381 e. The number of amides is 1. The van der Waals surface area contributed by atoms with Crippen LogP contribution in [0.25, 0.3) is 0 Å². The maximum absolute atomic E-state index is 11.7. The fourth-order valence-electron chi connectivity index (χ4n) is 2.57. The molecule has 1 heterocycles. The summed E-state index contributed by atoms with van der Waals surface area (Å²) >= 11 is 3.52. The normalized spacial score (nSPS) is 18.4. The number of nitrogens with two attached hydrogens (primary N) is 1. The van der Waals surface area contributed by atoms with Crippen molar-refractivity contribution in [3.63, 3.8) is 0 Å². The summed E-state index contributed by atoms with van der Waals surface area (Å²) in [5.74, 6) is -0.106. The summed E-state index contributed by atoms with van der Waals surface area (Å²) in [6.45, 7) is 3.75. The molecule has 1 fully saturated rings. The van der Waals surface area contributed by atoms with Gasteiger partial charge in [-0.25, -0.2) is 0 Å². The van der Waals surface area contributed by atoms with Crippen LogP contribution in [0.2, 0.25) is 0 Å². The van der Waals surface area contributed by atoms with Crippen LogP contribution >= 0.6 is 28.3 Å². The zero-order valence-electron chi connectivity index (χ0n) is 12.1. The highest BCUT2D eigenvalue weighted by Crippen LogP contribution is 2.35. The zero-order chi connectivity index (χ0) is 14.6. The second-order valence-corrected chi connectivity index (χ2v) is 6.33. The molecule has 4 nitrogen and oxygen atoms in total. The van der Waals surface area contributed by atoms with Crippen molar-refractivity contribution in [2.24, 2.45) is 5.73 Å². The maximum Gasteiger partial charge on any atom is 0.236 e. The third kappa shape index (κ3) is 4.68. The first-order chi connectivity index (χ1) is 9.53. The van der Waals surface area contributed by atoms with E-state index in [0.717, 1.165) is 30.5 Å². The van der Waals surface area contributed by atoms with E-state index in [1.165, 1.54) is 5.56 Å². The van der Waals surface area contributed by atoms with E-state index in [0.29, 0.717) is 6.54 Å². The highest BCUT2D eigenvalue weighted by atomic mass is 79.9. The van der Waals surface area contributed by atoms with E-state index in [4.69, 9.17) is 10.5 Å². The van der Waals surface area contributed by atoms with Gasteiger partial charge in [-0.05, 0) is 37.5 Å². The summed E-state index contributed by atoms with van der Waals surface area (Å²) < 4.78 is 6.54. The minimum atomic E-state index is -0.477. The van der Waals surface area contributed by atoms with Crippen LogP contribution in [0.15, 0.2) is 28.7 Å². The van der Waals surface area contributed by atoms with E-state index in [1.807, 2.05) is 12.1 Å². The molecule has 0 saturated carbocycles. The number of benzene rings is 1. The summed E-state index contributed by atoms with van der Waals surface area (Å²) in [5, 5.41) is 2.98. The molecule has 118 valence electrons. The highest BCUT2D eigenvalue weighted by molar-refractivity contribution is 9.10. The van der Waals surface area contributed by atoms with Crippen LogP contribution in [0.1, 0.15) is 25.3 Å². The lowest BCUT2D eigenvalue weighted by Gasteiger charge is -2.38. The predicted molar refractivity (Wildman–Crippen MR) is 89.8 cm³/mol. The molecule has 2 rings (SSSR count). The summed E-state index contributed by atoms with van der Waals surface area (Å²) in [6.07, 6.45) is 1.81. The van der Waals surface area contributed by atoms with Gasteiger partial charge in [-0.3, -0.25) is 4.79 Å². The standard InChI is InChI=1S/C15H21BrN2O2.ClH/c1-11(17)14(19)18-10-15(5-7-20-8-6-15)12-3-2-4-13(16)9-12;/h2-4,9,11H,5-8,10,17H2,1H3,(H,18,19);1H/t11-;/m0./s1. The molecule has 1 saturated heterocycles. The molecule has 1 atom stereocenters. The molecule has 21 heavy (non-hydrogen) atoms. The van der Waals surface area contributed by atoms with Gasteiger partial charge >= 0.3 is 0 Å². The van der Waals surface area contributed by atoms with Crippen LogP contribution in [0.3, 0.4) is 0 Å². The number of hydrogen-bond acceptors (Lipinski definition) is 3. The number of hydrogen-bond donors (Lipinski definition) is 2. The lowest BCUT2D eigenvalue weighted by Crippen LogP contribution is -2.48. The molecular formula is C15H22BrClN2O2. The van der Waals surface area contributed by atoms with Crippen molar-refractivity contribution >= 4 is 34.2 Å². The van der Waals surface area contributed by atoms with Gasteiger partial charge in [0.15, 0.2) is 0 Å². The Kier molecular flexibility index (Phi) is 7.13. The third-order valence-electron chi connectivity index (χ3n) is 3.90. The van der Waals surface area contributed by atoms with Crippen molar-refractivity contribution in [2.45, 2.75) is 31.2 Å². The van der Waals surface area contributed by atoms with Crippen LogP contribution in [0.4, 0.5) is 0 Å². The Morgan fingerprint density at radius 3 is 2.71 bits per heavy atom. The van der Waals surface area contributed by atoms with Gasteiger partial charge in [-0.2, -0.15) is 0 Å². The van der Waals surface area contributed by atoms with E-state index in [2.05, 4.69) is 33.4 Å². The Morgan fingerprint density at radius 1 is 1.48 bits per heavy atom. The molecule has 0 aliphatic carbocycles. The van der Waals surface area contributed by atoms with Crippen LogP contribution in [0.5, 0.6) is 0 Å². The van der Waals surface area contributed by atoms with Gasteiger partial charge in [0.1, 0.15) is 0 Å². The third-order valence-corrected chi connectivity index (χ3v) is 4.39. The van der Waals surface area contributed by atoms with E-state index < -0.39 is 6.04 Å². The van der Waals surface area contributed by atoms with Gasteiger partial charge in [0.25, 0.3) is 0 Å². The first kappa shape index (κ1) is 18.4. The Bertz CT molecular complexity index is 476. The molecule has 3 N–H and O–H groups in total. The number of carbonyl (C=O) groups is 1. The Hall–Kier alpha value is -0.620. The second-order valence-electron chi connectivity index (χ2n) is 5.41. The van der Waals surface area contributed by atoms with Crippen LogP contribution in [0, 0.1) is 0 Å². The van der Waals surface area contributed by atoms with Crippen molar-refractivity contribution in [3.8, 4) is 0 Å². The monoisotopic (exact) mass is 376 g/mol. The van der Waals surface area contributed by atoms with E-state index in [9.17, 15) is 4.79 Å². The lowest BCUT2D eigenvalue weighted by atomic mass is 9.74. The molecule has 0 spiro atoms. The summed E-state index contributed by atoms with van der Waals surface area (Å²) in [7, 11) is 0. The molecule has 1 amide bonds. The van der Waals surface area contributed by atoms with Gasteiger partial charge in [-0.1, -0.05) is 28.1 Å². The quantitative estimate of drug-likeness (QED) is 0.847. The minimum absolute atomic E-state index is 0. The van der Waals surface area contributed by atoms with Gasteiger partial charge in [-0.15, -0.1) is 12.4 Å². The van der Waals surface area contributed by atoms with Gasteiger partial charge in [0.05, 0.1) is 6.04 Å². The predicted octanol–water partition coefficient (Wildman–Crippen LogP) is 2.38. The summed E-state index contributed by atoms with van der Waals surface area (Å²) in [6, 6.07) is 7.81. The number of rotatable bonds is 4. The fourth-order valence-corrected chi connectivity index (χ4v) is 2.96. The SMILES string of the molecule is C[C@H](N)C(=O)NCC1(c2cccc(Br)c2)CCOCC1.Cl. The Morgan fingerprint density at radius 2 is 2.14 bits per heavy atom. The second kappa shape index (κ2) is 8.13. The molecule has 1 aromatic rings. The van der Waals surface area contributed by atoms with Gasteiger partial charge in [0.2, 0.25) is 5.91 Å². The molecule has 0 bridgehead atoms. The number of halogens is 2. The molecular weight excluding hydrogens is 356 g/mol. The molecule has 6 heteroatoms. The Balaban J connectivity index is 0.00000220. The van der Waals surface area contributed by atoms with Crippen LogP contribution in [-0.4, -0.2) is 31.7 Å². The molecule has 1 aromatic carbocycles. The largest absolute Gasteiger partial charge is 0.381 e. The average Bonchev–Trinajstić information content (AvgIpc) is 2.45.